The second kappa shape index (κ2) is 7.92. The second-order valence-corrected chi connectivity index (χ2v) is 7.32. The number of unbranched alkanes of at least 4 members (excludes halogenated alkanes) is 1. The molecule has 1 aliphatic rings. The van der Waals surface area contributed by atoms with E-state index in [-0.39, 0.29) is 5.82 Å². The third kappa shape index (κ3) is 4.03. The Bertz CT molecular complexity index is 654. The van der Waals surface area contributed by atoms with Gasteiger partial charge in [0, 0.05) is 11.8 Å². The molecule has 1 fully saturated rings. The van der Waals surface area contributed by atoms with Crippen LogP contribution in [-0.2, 0) is 0 Å². The van der Waals surface area contributed by atoms with Gasteiger partial charge in [0.1, 0.15) is 5.82 Å². The van der Waals surface area contributed by atoms with E-state index in [9.17, 15) is 4.39 Å². The third-order valence-electron chi connectivity index (χ3n) is 5.47. The Hall–Kier alpha value is -1.70. The monoisotopic (exact) mass is 325 g/mol. The number of pyridine rings is 1. The number of hydrogen-bond donors (Lipinski definition) is 0. The van der Waals surface area contributed by atoms with Crippen LogP contribution >= 0.6 is 0 Å². The summed E-state index contributed by atoms with van der Waals surface area (Å²) in [5.41, 5.74) is 3.58. The highest BCUT2D eigenvalue weighted by Crippen LogP contribution is 2.37. The van der Waals surface area contributed by atoms with Crippen molar-refractivity contribution in [2.24, 2.45) is 5.92 Å². The number of halogens is 1. The molecule has 24 heavy (non-hydrogen) atoms. The maximum Gasteiger partial charge on any atom is 0.132 e. The Morgan fingerprint density at radius 2 is 1.88 bits per heavy atom. The molecule has 0 spiro atoms. The van der Waals surface area contributed by atoms with Crippen LogP contribution in [0.2, 0.25) is 0 Å². The molecule has 0 radical (unpaired) electrons. The van der Waals surface area contributed by atoms with Gasteiger partial charge in [0.2, 0.25) is 0 Å². The maximum atomic E-state index is 14.1. The van der Waals surface area contributed by atoms with Gasteiger partial charge in [-0.15, -0.1) is 0 Å². The molecular formula is C22H28FN. The van der Waals surface area contributed by atoms with Gasteiger partial charge in [-0.3, -0.25) is 4.98 Å². The van der Waals surface area contributed by atoms with Gasteiger partial charge in [-0.1, -0.05) is 38.3 Å². The summed E-state index contributed by atoms with van der Waals surface area (Å²) in [5.74, 6) is 1.37. The third-order valence-corrected chi connectivity index (χ3v) is 5.47. The number of aryl methyl sites for hydroxylation is 1. The Morgan fingerprint density at radius 1 is 1.08 bits per heavy atom. The first kappa shape index (κ1) is 17.1. The van der Waals surface area contributed by atoms with Gasteiger partial charge in [0.25, 0.3) is 0 Å². The van der Waals surface area contributed by atoms with Gasteiger partial charge >= 0.3 is 0 Å². The summed E-state index contributed by atoms with van der Waals surface area (Å²) in [5, 5.41) is 0. The van der Waals surface area contributed by atoms with Gasteiger partial charge in [-0.25, -0.2) is 4.39 Å². The number of aromatic nitrogens is 1. The minimum atomic E-state index is -0.188. The Morgan fingerprint density at radius 3 is 2.50 bits per heavy atom. The average Bonchev–Trinajstić information content (AvgIpc) is 2.61. The van der Waals surface area contributed by atoms with Crippen molar-refractivity contribution in [2.45, 2.75) is 64.7 Å². The summed E-state index contributed by atoms with van der Waals surface area (Å²) in [6.07, 6.45) is 11.3. The average molecular weight is 325 g/mol. The molecule has 1 aromatic carbocycles. The minimum Gasteiger partial charge on any atom is -0.256 e. The predicted molar refractivity (Wildman–Crippen MR) is 98.6 cm³/mol. The van der Waals surface area contributed by atoms with Crippen LogP contribution in [0.4, 0.5) is 4.39 Å². The molecule has 0 aliphatic heterocycles. The molecule has 0 atom stereocenters. The molecule has 3 rings (SSSR count). The standard InChI is InChI=1S/C22H28FN/c1-3-4-5-17-7-9-18(10-8-17)19-11-13-22(24-15-19)20-12-6-16(2)14-21(20)23/h6,11-15,17-18H,3-5,7-10H2,1-2H3/t17-,18-. The van der Waals surface area contributed by atoms with E-state index in [4.69, 9.17) is 0 Å². The predicted octanol–water partition coefficient (Wildman–Crippen LogP) is 6.66. The Balaban J connectivity index is 1.65. The van der Waals surface area contributed by atoms with E-state index in [1.165, 1.54) is 50.5 Å². The highest BCUT2D eigenvalue weighted by Gasteiger charge is 2.22. The molecule has 1 aliphatic carbocycles. The first-order chi connectivity index (χ1) is 11.7. The topological polar surface area (TPSA) is 12.9 Å². The SMILES string of the molecule is CCCC[C@H]1CC[C@H](c2ccc(-c3ccc(C)cc3F)nc2)CC1. The minimum absolute atomic E-state index is 0.188. The molecular weight excluding hydrogens is 297 g/mol. The summed E-state index contributed by atoms with van der Waals surface area (Å²) in [6.45, 7) is 4.18. The fourth-order valence-corrected chi connectivity index (χ4v) is 3.91. The molecule has 0 unspecified atom stereocenters. The smallest absolute Gasteiger partial charge is 0.132 e. The van der Waals surface area contributed by atoms with Crippen molar-refractivity contribution in [3.63, 3.8) is 0 Å². The Kier molecular flexibility index (Phi) is 5.65. The van der Waals surface area contributed by atoms with Crippen LogP contribution in [0, 0.1) is 18.7 Å². The van der Waals surface area contributed by atoms with Crippen LogP contribution < -0.4 is 0 Å². The zero-order valence-electron chi connectivity index (χ0n) is 14.9. The molecule has 128 valence electrons. The molecule has 0 saturated heterocycles. The van der Waals surface area contributed by atoms with Gasteiger partial charge < -0.3 is 0 Å². The van der Waals surface area contributed by atoms with Crippen LogP contribution in [0.15, 0.2) is 36.5 Å². The quantitative estimate of drug-likeness (QED) is 0.599. The number of rotatable bonds is 5. The van der Waals surface area contributed by atoms with Crippen molar-refractivity contribution in [1.29, 1.82) is 0 Å². The van der Waals surface area contributed by atoms with E-state index < -0.39 is 0 Å². The summed E-state index contributed by atoms with van der Waals surface area (Å²) >= 11 is 0. The van der Waals surface area contributed by atoms with Crippen molar-refractivity contribution in [3.8, 4) is 11.3 Å². The second-order valence-electron chi connectivity index (χ2n) is 7.32. The van der Waals surface area contributed by atoms with Gasteiger partial charge in [0.05, 0.1) is 5.69 Å². The Labute approximate surface area is 145 Å². The highest BCUT2D eigenvalue weighted by atomic mass is 19.1. The summed E-state index contributed by atoms with van der Waals surface area (Å²) in [7, 11) is 0. The van der Waals surface area contributed by atoms with Gasteiger partial charge in [-0.05, 0) is 73.8 Å². The van der Waals surface area contributed by atoms with E-state index in [0.29, 0.717) is 11.5 Å². The van der Waals surface area contributed by atoms with Crippen molar-refractivity contribution in [2.75, 3.05) is 0 Å². The summed E-state index contributed by atoms with van der Waals surface area (Å²) in [4.78, 5) is 4.54. The van der Waals surface area contributed by atoms with Crippen molar-refractivity contribution < 1.29 is 4.39 Å². The molecule has 1 nitrogen and oxygen atoms in total. The number of hydrogen-bond acceptors (Lipinski definition) is 1. The van der Waals surface area contributed by atoms with E-state index >= 15 is 0 Å². The fourth-order valence-electron chi connectivity index (χ4n) is 3.91. The van der Waals surface area contributed by atoms with Gasteiger partial charge in [-0.2, -0.15) is 0 Å². The fraction of sp³-hybridized carbons (Fsp3) is 0.500. The molecule has 1 saturated carbocycles. The molecule has 2 aromatic rings. The van der Waals surface area contributed by atoms with Crippen LogP contribution in [-0.4, -0.2) is 4.98 Å². The van der Waals surface area contributed by atoms with Crippen LogP contribution in [0.25, 0.3) is 11.3 Å². The van der Waals surface area contributed by atoms with Crippen molar-refractivity contribution >= 4 is 0 Å². The first-order valence-corrected chi connectivity index (χ1v) is 9.40. The molecule has 0 bridgehead atoms. The summed E-state index contributed by atoms with van der Waals surface area (Å²) < 4.78 is 14.1. The van der Waals surface area contributed by atoms with Crippen LogP contribution in [0.3, 0.4) is 0 Å². The van der Waals surface area contributed by atoms with Gasteiger partial charge in [0.15, 0.2) is 0 Å². The number of nitrogens with zero attached hydrogens (tertiary/aromatic N) is 1. The molecule has 0 N–H and O–H groups in total. The highest BCUT2D eigenvalue weighted by molar-refractivity contribution is 5.60. The zero-order chi connectivity index (χ0) is 16.9. The number of benzene rings is 1. The van der Waals surface area contributed by atoms with Crippen molar-refractivity contribution in [1.82, 2.24) is 4.98 Å². The summed E-state index contributed by atoms with van der Waals surface area (Å²) in [6, 6.07) is 9.46. The molecule has 1 heterocycles. The largest absolute Gasteiger partial charge is 0.256 e. The zero-order valence-corrected chi connectivity index (χ0v) is 14.9. The lowest BCUT2D eigenvalue weighted by Crippen LogP contribution is -2.13. The lowest BCUT2D eigenvalue weighted by Gasteiger charge is -2.28. The van der Waals surface area contributed by atoms with E-state index in [1.54, 1.807) is 6.07 Å². The molecule has 0 amide bonds. The lowest BCUT2D eigenvalue weighted by molar-refractivity contribution is 0.304. The first-order valence-electron chi connectivity index (χ1n) is 9.40. The van der Waals surface area contributed by atoms with Crippen LogP contribution in [0.5, 0.6) is 0 Å². The molecule has 1 aromatic heterocycles. The van der Waals surface area contributed by atoms with E-state index in [1.807, 2.05) is 31.3 Å². The van der Waals surface area contributed by atoms with Crippen molar-refractivity contribution in [3.05, 3.63) is 53.5 Å². The maximum absolute atomic E-state index is 14.1. The van der Waals surface area contributed by atoms with E-state index in [0.717, 1.165) is 17.2 Å². The van der Waals surface area contributed by atoms with E-state index in [2.05, 4.69) is 18.0 Å². The normalized spacial score (nSPS) is 21.0. The lowest BCUT2D eigenvalue weighted by atomic mass is 9.77. The molecule has 2 heteroatoms. The van der Waals surface area contributed by atoms with Crippen LogP contribution in [0.1, 0.15) is 68.9 Å².